The number of imide groups is 2. The van der Waals surface area contributed by atoms with Gasteiger partial charge >= 0.3 is 35.5 Å². The van der Waals surface area contributed by atoms with Crippen molar-refractivity contribution in [3.05, 3.63) is 12.2 Å². The summed E-state index contributed by atoms with van der Waals surface area (Å²) in [5.74, 6) is -4.80. The van der Waals surface area contributed by atoms with Crippen LogP contribution in [0.15, 0.2) is 12.2 Å². The molecule has 11 nitrogen and oxygen atoms in total. The van der Waals surface area contributed by atoms with Crippen LogP contribution >= 0.6 is 0 Å². The molecule has 0 aromatic carbocycles. The normalized spacial score (nSPS) is 30.1. The van der Waals surface area contributed by atoms with Gasteiger partial charge in [0.25, 0.3) is 27.8 Å². The van der Waals surface area contributed by atoms with Crippen molar-refractivity contribution in [1.29, 1.82) is 0 Å². The molecule has 0 spiro atoms. The Hall–Kier alpha value is -1.60. The first kappa shape index (κ1) is 23.7. The Morgan fingerprint density at radius 2 is 1.62 bits per heavy atom. The quantitative estimate of drug-likeness (QED) is 0.289. The Morgan fingerprint density at radius 1 is 1.10 bits per heavy atom. The fourth-order valence-corrected chi connectivity index (χ4v) is 4.74. The van der Waals surface area contributed by atoms with Gasteiger partial charge in [-0.05, 0) is 31.6 Å². The summed E-state index contributed by atoms with van der Waals surface area (Å²) in [6, 6.07) is 0. The van der Waals surface area contributed by atoms with E-state index in [-0.39, 0.29) is 67.7 Å². The van der Waals surface area contributed by atoms with E-state index >= 15 is 0 Å². The number of carbonyl (C=O) groups is 5. The molecule has 2 heterocycles. The average molecular weight is 438 g/mol. The number of hydrogen-bond donors (Lipinski definition) is 2. The first-order chi connectivity index (χ1) is 13.0. The molecule has 1 saturated heterocycles. The molecule has 0 aromatic rings. The summed E-state index contributed by atoms with van der Waals surface area (Å²) < 4.78 is 31.8. The molecule has 1 unspecified atom stereocenters. The van der Waals surface area contributed by atoms with Gasteiger partial charge in [-0.15, -0.1) is 0 Å². The van der Waals surface area contributed by atoms with E-state index in [2.05, 4.69) is 0 Å². The number of rotatable bonds is 5. The zero-order chi connectivity index (χ0) is 20.9. The van der Waals surface area contributed by atoms with Gasteiger partial charge in [0.05, 0.1) is 6.42 Å². The second-order valence-corrected chi connectivity index (χ2v) is 8.77. The van der Waals surface area contributed by atoms with E-state index in [1.54, 1.807) is 0 Å². The Labute approximate surface area is 188 Å². The first-order valence-corrected chi connectivity index (χ1v) is 10.1. The van der Waals surface area contributed by atoms with Crippen LogP contribution in [0.1, 0.15) is 32.1 Å². The molecule has 1 aliphatic carbocycles. The van der Waals surface area contributed by atoms with Crippen LogP contribution in [-0.4, -0.2) is 104 Å². The van der Waals surface area contributed by atoms with Gasteiger partial charge in [0.2, 0.25) is 5.91 Å². The van der Waals surface area contributed by atoms with Crippen LogP contribution in [0.4, 0.5) is 0 Å². The van der Waals surface area contributed by atoms with E-state index in [0.29, 0.717) is 4.90 Å². The monoisotopic (exact) mass is 438 g/mol. The van der Waals surface area contributed by atoms with Crippen LogP contribution in [0.2, 0.25) is 0 Å². The van der Waals surface area contributed by atoms with Gasteiger partial charge < -0.3 is 5.11 Å². The third-order valence-electron chi connectivity index (χ3n) is 5.56. The fraction of sp³-hybridized carbons (Fsp3) is 0.562. The minimum atomic E-state index is -4.84. The topological polar surface area (TPSA) is 166 Å². The molecular weight excluding hydrogens is 419 g/mol. The molecule has 29 heavy (non-hydrogen) atoms. The number of amides is 4. The SMILES string of the molecule is O=C1C=CC(=O)N1CC1CCC(C(=O)O)(N2C(=O)CC(S(=O)(=O)O)C2=O)CC1.[NaH]. The molecule has 3 aliphatic rings. The molecule has 2 fully saturated rings. The summed E-state index contributed by atoms with van der Waals surface area (Å²) in [6.45, 7) is 0.0932. The minimum absolute atomic E-state index is 0. The molecular formula is C16H19N2NaO9S. The Kier molecular flexibility index (Phi) is 6.75. The number of carboxylic acids is 1. The van der Waals surface area contributed by atoms with Crippen LogP contribution in [0, 0.1) is 5.92 Å². The van der Waals surface area contributed by atoms with Gasteiger partial charge in [-0.1, -0.05) is 0 Å². The summed E-state index contributed by atoms with van der Waals surface area (Å²) in [4.78, 5) is 61.5. The van der Waals surface area contributed by atoms with Crippen molar-refractivity contribution in [3.63, 3.8) is 0 Å². The average Bonchev–Trinajstić information content (AvgIpc) is 3.08. The van der Waals surface area contributed by atoms with Crippen LogP contribution in [0.25, 0.3) is 0 Å². The first-order valence-electron chi connectivity index (χ1n) is 8.57. The Balaban J connectivity index is 0.00000300. The maximum absolute atomic E-state index is 12.4. The van der Waals surface area contributed by atoms with Crippen molar-refractivity contribution >= 4 is 69.3 Å². The fourth-order valence-electron chi connectivity index (χ4n) is 4.03. The zero-order valence-corrected chi connectivity index (χ0v) is 15.4. The van der Waals surface area contributed by atoms with E-state index in [4.69, 9.17) is 4.55 Å². The van der Waals surface area contributed by atoms with Crippen LogP contribution in [0.5, 0.6) is 0 Å². The molecule has 154 valence electrons. The van der Waals surface area contributed by atoms with Gasteiger partial charge in [-0.3, -0.25) is 33.5 Å². The van der Waals surface area contributed by atoms with Crippen molar-refractivity contribution in [2.75, 3.05) is 6.54 Å². The van der Waals surface area contributed by atoms with Gasteiger partial charge in [0.1, 0.15) is 5.54 Å². The maximum atomic E-state index is 12.4. The number of nitrogens with zero attached hydrogens (tertiary/aromatic N) is 2. The molecule has 2 aliphatic heterocycles. The Bertz CT molecular complexity index is 887. The number of carbonyl (C=O) groups excluding carboxylic acids is 4. The predicted molar refractivity (Wildman–Crippen MR) is 97.1 cm³/mol. The number of likely N-dealkylation sites (tertiary alicyclic amines) is 1. The van der Waals surface area contributed by atoms with Crippen molar-refractivity contribution < 1.29 is 42.0 Å². The van der Waals surface area contributed by atoms with Crippen LogP contribution in [0.3, 0.4) is 0 Å². The summed E-state index contributed by atoms with van der Waals surface area (Å²) in [6.07, 6.45) is 1.60. The molecule has 0 radical (unpaired) electrons. The second-order valence-electron chi connectivity index (χ2n) is 7.18. The predicted octanol–water partition coefficient (Wildman–Crippen LogP) is -1.71. The second kappa shape index (κ2) is 8.26. The van der Waals surface area contributed by atoms with Crippen molar-refractivity contribution in [1.82, 2.24) is 9.80 Å². The van der Waals surface area contributed by atoms with E-state index in [1.807, 2.05) is 0 Å². The van der Waals surface area contributed by atoms with Crippen LogP contribution in [-0.2, 0) is 34.1 Å². The Morgan fingerprint density at radius 3 is 2.03 bits per heavy atom. The molecule has 2 N–H and O–H groups in total. The van der Waals surface area contributed by atoms with Crippen LogP contribution < -0.4 is 0 Å². The van der Waals surface area contributed by atoms with E-state index in [1.165, 1.54) is 0 Å². The molecule has 1 saturated carbocycles. The summed E-state index contributed by atoms with van der Waals surface area (Å²) in [5, 5.41) is 7.74. The number of aliphatic carboxylic acids is 1. The molecule has 1 atom stereocenters. The number of carboxylic acid groups (broad SMARTS) is 1. The standard InChI is InChI=1S/C16H18N2O9S.Na.H/c19-11-1-2-12(20)17(11)8-9-3-5-16(6-4-9,15(23)24)18-13(21)7-10(14(18)22)28(25,26)27;;/h1-2,9-10H,3-8H2,(H,23,24)(H,25,26,27);;. The van der Waals surface area contributed by atoms with E-state index in [0.717, 1.165) is 17.1 Å². The third-order valence-corrected chi connectivity index (χ3v) is 6.65. The molecule has 0 aromatic heterocycles. The summed E-state index contributed by atoms with van der Waals surface area (Å²) in [7, 11) is -4.84. The molecule has 3 rings (SSSR count). The molecule has 4 amide bonds. The van der Waals surface area contributed by atoms with Crippen molar-refractivity contribution in [3.8, 4) is 0 Å². The van der Waals surface area contributed by atoms with E-state index < -0.39 is 56.9 Å². The third kappa shape index (κ3) is 4.17. The molecule has 0 bridgehead atoms. The van der Waals surface area contributed by atoms with Crippen molar-refractivity contribution in [2.45, 2.75) is 42.9 Å². The summed E-state index contributed by atoms with van der Waals surface area (Å²) >= 11 is 0. The summed E-state index contributed by atoms with van der Waals surface area (Å²) in [5.41, 5.74) is -1.92. The van der Waals surface area contributed by atoms with Gasteiger partial charge in [0.15, 0.2) is 5.25 Å². The van der Waals surface area contributed by atoms with Crippen molar-refractivity contribution in [2.24, 2.45) is 5.92 Å². The van der Waals surface area contributed by atoms with E-state index in [9.17, 15) is 37.5 Å². The van der Waals surface area contributed by atoms with Gasteiger partial charge in [0, 0.05) is 18.7 Å². The molecule has 13 heteroatoms. The van der Waals surface area contributed by atoms with Gasteiger partial charge in [-0.25, -0.2) is 4.79 Å². The zero-order valence-electron chi connectivity index (χ0n) is 14.6. The number of hydrogen-bond acceptors (Lipinski definition) is 7. The van der Waals surface area contributed by atoms with Gasteiger partial charge in [-0.2, -0.15) is 8.42 Å².